The number of ether oxygens (including phenoxy) is 1. The van der Waals surface area contributed by atoms with Gasteiger partial charge in [-0.25, -0.2) is 0 Å². The smallest absolute Gasteiger partial charge is 0.123 e. The fourth-order valence-corrected chi connectivity index (χ4v) is 2.40. The molecular formula is C18H23NO2. The van der Waals surface area contributed by atoms with E-state index in [1.807, 2.05) is 24.3 Å². The van der Waals surface area contributed by atoms with Gasteiger partial charge in [-0.15, -0.1) is 0 Å². The van der Waals surface area contributed by atoms with E-state index in [9.17, 15) is 0 Å². The molecule has 0 atom stereocenters. The zero-order valence-corrected chi connectivity index (χ0v) is 12.7. The first-order chi connectivity index (χ1) is 10.2. The SMILES string of the molecule is Cc1cccc(C)c1CNCc1ccccc1OCCO. The average Bonchev–Trinajstić information content (AvgIpc) is 2.49. The number of benzene rings is 2. The molecule has 112 valence electrons. The summed E-state index contributed by atoms with van der Waals surface area (Å²) in [5, 5.41) is 12.3. The normalized spacial score (nSPS) is 10.6. The third-order valence-electron chi connectivity index (χ3n) is 3.58. The minimum atomic E-state index is 0.0319. The molecule has 2 aromatic rings. The van der Waals surface area contributed by atoms with Crippen molar-refractivity contribution in [2.75, 3.05) is 13.2 Å². The summed E-state index contributed by atoms with van der Waals surface area (Å²) in [6.07, 6.45) is 0. The second-order valence-electron chi connectivity index (χ2n) is 5.15. The Bertz CT molecular complexity index is 561. The number of hydrogen-bond acceptors (Lipinski definition) is 3. The lowest BCUT2D eigenvalue weighted by molar-refractivity contribution is 0.200. The predicted molar refractivity (Wildman–Crippen MR) is 85.5 cm³/mol. The van der Waals surface area contributed by atoms with Crippen LogP contribution in [0.5, 0.6) is 5.75 Å². The van der Waals surface area contributed by atoms with Crippen LogP contribution in [0, 0.1) is 13.8 Å². The van der Waals surface area contributed by atoms with Gasteiger partial charge in [0, 0.05) is 18.7 Å². The molecular weight excluding hydrogens is 262 g/mol. The molecule has 21 heavy (non-hydrogen) atoms. The number of aryl methyl sites for hydroxylation is 2. The van der Waals surface area contributed by atoms with Gasteiger partial charge in [0.05, 0.1) is 6.61 Å². The minimum Gasteiger partial charge on any atom is -0.491 e. The van der Waals surface area contributed by atoms with Crippen molar-refractivity contribution in [2.45, 2.75) is 26.9 Å². The Balaban J connectivity index is 1.97. The summed E-state index contributed by atoms with van der Waals surface area (Å²) in [5.74, 6) is 0.834. The van der Waals surface area contributed by atoms with Crippen LogP contribution in [0.1, 0.15) is 22.3 Å². The van der Waals surface area contributed by atoms with Crippen LogP contribution in [-0.4, -0.2) is 18.3 Å². The third-order valence-corrected chi connectivity index (χ3v) is 3.58. The van der Waals surface area contributed by atoms with Crippen LogP contribution in [0.2, 0.25) is 0 Å². The zero-order valence-electron chi connectivity index (χ0n) is 12.7. The summed E-state index contributed by atoms with van der Waals surface area (Å²) in [7, 11) is 0. The van der Waals surface area contributed by atoms with Gasteiger partial charge in [0.25, 0.3) is 0 Å². The largest absolute Gasteiger partial charge is 0.491 e. The van der Waals surface area contributed by atoms with Crippen molar-refractivity contribution in [3.63, 3.8) is 0 Å². The third kappa shape index (κ3) is 4.31. The maximum atomic E-state index is 8.86. The van der Waals surface area contributed by atoms with E-state index in [0.717, 1.165) is 24.4 Å². The fourth-order valence-electron chi connectivity index (χ4n) is 2.40. The summed E-state index contributed by atoms with van der Waals surface area (Å²) in [4.78, 5) is 0. The first-order valence-electron chi connectivity index (χ1n) is 7.29. The molecule has 0 amide bonds. The lowest BCUT2D eigenvalue weighted by Gasteiger charge is -2.13. The minimum absolute atomic E-state index is 0.0319. The van der Waals surface area contributed by atoms with E-state index in [0.29, 0.717) is 6.61 Å². The number of rotatable bonds is 7. The number of para-hydroxylation sites is 1. The Morgan fingerprint density at radius 2 is 1.67 bits per heavy atom. The van der Waals surface area contributed by atoms with E-state index < -0.39 is 0 Å². The van der Waals surface area contributed by atoms with Crippen molar-refractivity contribution in [2.24, 2.45) is 0 Å². The Morgan fingerprint density at radius 3 is 2.38 bits per heavy atom. The molecule has 0 aliphatic carbocycles. The van der Waals surface area contributed by atoms with Crippen molar-refractivity contribution >= 4 is 0 Å². The van der Waals surface area contributed by atoms with E-state index in [-0.39, 0.29) is 6.61 Å². The zero-order chi connectivity index (χ0) is 15.1. The van der Waals surface area contributed by atoms with Gasteiger partial charge >= 0.3 is 0 Å². The average molecular weight is 285 g/mol. The monoisotopic (exact) mass is 285 g/mol. The van der Waals surface area contributed by atoms with Gasteiger partial charge in [0.2, 0.25) is 0 Å². The molecule has 0 spiro atoms. The van der Waals surface area contributed by atoms with Gasteiger partial charge in [-0.2, -0.15) is 0 Å². The van der Waals surface area contributed by atoms with Gasteiger partial charge in [-0.3, -0.25) is 0 Å². The van der Waals surface area contributed by atoms with Crippen LogP contribution in [0.15, 0.2) is 42.5 Å². The summed E-state index contributed by atoms with van der Waals surface area (Å²) < 4.78 is 5.55. The van der Waals surface area contributed by atoms with Crippen molar-refractivity contribution in [1.29, 1.82) is 0 Å². The van der Waals surface area contributed by atoms with Gasteiger partial charge in [-0.05, 0) is 36.6 Å². The Hall–Kier alpha value is -1.84. The molecule has 3 heteroatoms. The van der Waals surface area contributed by atoms with E-state index >= 15 is 0 Å². The number of aliphatic hydroxyl groups excluding tert-OH is 1. The highest BCUT2D eigenvalue weighted by Crippen LogP contribution is 2.18. The fraction of sp³-hybridized carbons (Fsp3) is 0.333. The van der Waals surface area contributed by atoms with Crippen LogP contribution in [0.3, 0.4) is 0 Å². The van der Waals surface area contributed by atoms with Crippen LogP contribution in [-0.2, 0) is 13.1 Å². The molecule has 2 N–H and O–H groups in total. The maximum absolute atomic E-state index is 8.86. The molecule has 0 heterocycles. The molecule has 0 saturated heterocycles. The Labute approximate surface area is 126 Å². The molecule has 0 bridgehead atoms. The van der Waals surface area contributed by atoms with E-state index in [4.69, 9.17) is 9.84 Å². The van der Waals surface area contributed by atoms with Crippen LogP contribution in [0.4, 0.5) is 0 Å². The second-order valence-corrected chi connectivity index (χ2v) is 5.15. The topological polar surface area (TPSA) is 41.5 Å². The Kier molecular flexibility index (Phi) is 5.78. The standard InChI is InChI=1S/C18H23NO2/c1-14-6-5-7-15(2)17(14)13-19-12-16-8-3-4-9-18(16)21-11-10-20/h3-9,19-20H,10-13H2,1-2H3. The second kappa shape index (κ2) is 7.81. The molecule has 0 fully saturated rings. The molecule has 0 unspecified atom stereocenters. The van der Waals surface area contributed by atoms with Crippen LogP contribution in [0.25, 0.3) is 0 Å². The summed E-state index contributed by atoms with van der Waals surface area (Å²) in [5.41, 5.74) is 5.09. The van der Waals surface area contributed by atoms with Gasteiger partial charge in [0.1, 0.15) is 12.4 Å². The Morgan fingerprint density at radius 1 is 0.952 bits per heavy atom. The lowest BCUT2D eigenvalue weighted by atomic mass is 10.0. The summed E-state index contributed by atoms with van der Waals surface area (Å²) >= 11 is 0. The van der Waals surface area contributed by atoms with Crippen molar-refractivity contribution in [1.82, 2.24) is 5.32 Å². The lowest BCUT2D eigenvalue weighted by Crippen LogP contribution is -2.15. The molecule has 0 radical (unpaired) electrons. The molecule has 0 aliphatic rings. The van der Waals surface area contributed by atoms with Gasteiger partial charge in [0.15, 0.2) is 0 Å². The van der Waals surface area contributed by atoms with Crippen LogP contribution < -0.4 is 10.1 Å². The van der Waals surface area contributed by atoms with Crippen molar-refractivity contribution in [3.05, 3.63) is 64.7 Å². The highest BCUT2D eigenvalue weighted by Gasteiger charge is 2.04. The van der Waals surface area contributed by atoms with Gasteiger partial charge < -0.3 is 15.2 Å². The molecule has 0 aliphatic heterocycles. The first-order valence-corrected chi connectivity index (χ1v) is 7.29. The molecule has 2 aromatic carbocycles. The number of hydrogen-bond donors (Lipinski definition) is 2. The quantitative estimate of drug-likeness (QED) is 0.822. The molecule has 2 rings (SSSR count). The predicted octanol–water partition coefficient (Wildman–Crippen LogP) is 2.96. The summed E-state index contributed by atoms with van der Waals surface area (Å²) in [6.45, 7) is 6.23. The van der Waals surface area contributed by atoms with E-state index in [1.54, 1.807) is 0 Å². The number of aliphatic hydroxyl groups is 1. The highest BCUT2D eigenvalue weighted by atomic mass is 16.5. The van der Waals surface area contributed by atoms with Crippen molar-refractivity contribution in [3.8, 4) is 5.75 Å². The van der Waals surface area contributed by atoms with Crippen molar-refractivity contribution < 1.29 is 9.84 Å². The molecule has 3 nitrogen and oxygen atoms in total. The van der Waals surface area contributed by atoms with Gasteiger partial charge in [-0.1, -0.05) is 36.4 Å². The number of nitrogens with one attached hydrogen (secondary N) is 1. The van der Waals surface area contributed by atoms with Crippen LogP contribution >= 0.6 is 0 Å². The molecule has 0 aromatic heterocycles. The molecule has 0 saturated carbocycles. The first kappa shape index (κ1) is 15.5. The maximum Gasteiger partial charge on any atom is 0.123 e. The summed E-state index contributed by atoms with van der Waals surface area (Å²) in [6, 6.07) is 14.3. The van der Waals surface area contributed by atoms with E-state index in [2.05, 4.69) is 37.4 Å². The van der Waals surface area contributed by atoms with E-state index in [1.165, 1.54) is 16.7 Å². The highest BCUT2D eigenvalue weighted by molar-refractivity contribution is 5.35.